The lowest BCUT2D eigenvalue weighted by Gasteiger charge is -2.16. The summed E-state index contributed by atoms with van der Waals surface area (Å²) in [6.45, 7) is 2.51. The Morgan fingerprint density at radius 2 is 1.88 bits per heavy atom. The van der Waals surface area contributed by atoms with Crippen LogP contribution in [0, 0.1) is 0 Å². The predicted octanol–water partition coefficient (Wildman–Crippen LogP) is 1.40. The molecule has 0 aliphatic carbocycles. The van der Waals surface area contributed by atoms with Gasteiger partial charge in [0, 0.05) is 0 Å². The van der Waals surface area contributed by atoms with Crippen LogP contribution in [0.4, 0.5) is 5.00 Å². The van der Waals surface area contributed by atoms with Gasteiger partial charge in [-0.1, -0.05) is 12.1 Å². The Labute approximate surface area is 154 Å². The molecule has 4 N–H and O–H groups in total. The van der Waals surface area contributed by atoms with Crippen molar-refractivity contribution < 1.29 is 27.9 Å². The van der Waals surface area contributed by atoms with Gasteiger partial charge in [-0.25, -0.2) is 8.42 Å². The van der Waals surface area contributed by atoms with Gasteiger partial charge in [-0.3, -0.25) is 9.59 Å². The first-order valence-corrected chi connectivity index (χ1v) is 9.64. The second-order valence-electron chi connectivity index (χ2n) is 5.84. The van der Waals surface area contributed by atoms with E-state index in [9.17, 15) is 23.1 Å². The van der Waals surface area contributed by atoms with Crippen LogP contribution >= 0.6 is 11.3 Å². The lowest BCUT2D eigenvalue weighted by Crippen LogP contribution is -2.36. The van der Waals surface area contributed by atoms with E-state index in [1.54, 1.807) is 6.07 Å². The molecule has 0 aliphatic heterocycles. The van der Waals surface area contributed by atoms with Gasteiger partial charge in [0.05, 0.1) is 12.7 Å². The highest BCUT2D eigenvalue weighted by Gasteiger charge is 2.30. The first-order chi connectivity index (χ1) is 12.0. The quantitative estimate of drug-likeness (QED) is 0.673. The first kappa shape index (κ1) is 19.9. The fourth-order valence-corrected chi connectivity index (χ4v) is 4.90. The van der Waals surface area contributed by atoms with Crippen LogP contribution in [0.3, 0.4) is 0 Å². The Morgan fingerprint density at radius 3 is 2.42 bits per heavy atom. The standard InChI is InChI=1S/C16H18N2O6S2/c1-16(2,21)15(20)18-14-9(13(17)19)8-12(25-14)26(22,23)11-7-5-4-6-10(11)24-3/h4-8,21H,1-3H3,(H2,17,19)(H,18,20). The third kappa shape index (κ3) is 3.87. The summed E-state index contributed by atoms with van der Waals surface area (Å²) in [5.41, 5.74) is 3.40. The van der Waals surface area contributed by atoms with Gasteiger partial charge >= 0.3 is 0 Å². The molecular weight excluding hydrogens is 380 g/mol. The maximum atomic E-state index is 12.9. The monoisotopic (exact) mass is 398 g/mol. The van der Waals surface area contributed by atoms with Crippen LogP contribution in [0.2, 0.25) is 0 Å². The fourth-order valence-electron chi connectivity index (χ4n) is 1.98. The van der Waals surface area contributed by atoms with Gasteiger partial charge in [0.2, 0.25) is 9.84 Å². The van der Waals surface area contributed by atoms with Crippen molar-refractivity contribution >= 4 is 38.0 Å². The summed E-state index contributed by atoms with van der Waals surface area (Å²) in [5.74, 6) is -1.57. The molecule has 10 heteroatoms. The second kappa shape index (κ2) is 7.06. The van der Waals surface area contributed by atoms with E-state index in [0.29, 0.717) is 11.3 Å². The van der Waals surface area contributed by atoms with Gasteiger partial charge in [-0.2, -0.15) is 0 Å². The van der Waals surface area contributed by atoms with Crippen molar-refractivity contribution in [3.8, 4) is 5.75 Å². The number of amides is 2. The van der Waals surface area contributed by atoms with E-state index < -0.39 is 27.3 Å². The molecule has 0 unspecified atom stereocenters. The van der Waals surface area contributed by atoms with Crippen molar-refractivity contribution in [3.63, 3.8) is 0 Å². The van der Waals surface area contributed by atoms with Crippen LogP contribution in [0.15, 0.2) is 39.4 Å². The number of nitrogens with one attached hydrogen (secondary N) is 1. The number of anilines is 1. The SMILES string of the molecule is COc1ccccc1S(=O)(=O)c1cc(C(N)=O)c(NC(=O)C(C)(C)O)s1. The number of rotatable bonds is 6. The zero-order chi connectivity index (χ0) is 19.7. The molecule has 0 spiro atoms. The van der Waals surface area contributed by atoms with E-state index in [4.69, 9.17) is 10.5 Å². The number of carbonyl (C=O) groups excluding carboxylic acids is 2. The number of thiophene rings is 1. The third-order valence-electron chi connectivity index (χ3n) is 3.38. The number of aliphatic hydroxyl groups is 1. The van der Waals surface area contributed by atoms with Crippen molar-refractivity contribution in [2.45, 2.75) is 28.6 Å². The largest absolute Gasteiger partial charge is 0.495 e. The predicted molar refractivity (Wildman–Crippen MR) is 96.2 cm³/mol. The number of sulfone groups is 1. The summed E-state index contributed by atoms with van der Waals surface area (Å²) in [7, 11) is -2.68. The minimum atomic E-state index is -4.02. The van der Waals surface area contributed by atoms with E-state index in [1.165, 1.54) is 39.2 Å². The van der Waals surface area contributed by atoms with Gasteiger partial charge in [0.1, 0.15) is 25.5 Å². The average molecular weight is 398 g/mol. The van der Waals surface area contributed by atoms with Crippen LogP contribution in [0.5, 0.6) is 5.75 Å². The molecule has 0 saturated heterocycles. The molecule has 0 saturated carbocycles. The molecule has 2 amide bonds. The topological polar surface area (TPSA) is 136 Å². The lowest BCUT2D eigenvalue weighted by molar-refractivity contribution is -0.130. The Kier molecular flexibility index (Phi) is 5.40. The number of para-hydroxylation sites is 1. The summed E-state index contributed by atoms with van der Waals surface area (Å²) < 4.78 is 30.7. The number of nitrogens with two attached hydrogens (primary N) is 1. The summed E-state index contributed by atoms with van der Waals surface area (Å²) >= 11 is 0.666. The average Bonchev–Trinajstić information content (AvgIpc) is 2.98. The Balaban J connectivity index is 2.56. The molecule has 1 aromatic carbocycles. The fraction of sp³-hybridized carbons (Fsp3) is 0.250. The Bertz CT molecular complexity index is 957. The van der Waals surface area contributed by atoms with E-state index >= 15 is 0 Å². The molecule has 0 atom stereocenters. The lowest BCUT2D eigenvalue weighted by atomic mass is 10.1. The number of hydrogen-bond donors (Lipinski definition) is 3. The third-order valence-corrected chi connectivity index (χ3v) is 6.70. The van der Waals surface area contributed by atoms with Crippen LogP contribution in [-0.2, 0) is 14.6 Å². The summed E-state index contributed by atoms with van der Waals surface area (Å²) in [5, 5.41) is 12.0. The van der Waals surface area contributed by atoms with E-state index in [2.05, 4.69) is 5.32 Å². The van der Waals surface area contributed by atoms with E-state index in [0.717, 1.165) is 6.07 Å². The highest BCUT2D eigenvalue weighted by molar-refractivity contribution is 7.93. The van der Waals surface area contributed by atoms with Crippen molar-refractivity contribution in [1.29, 1.82) is 0 Å². The molecule has 26 heavy (non-hydrogen) atoms. The minimum absolute atomic E-state index is 0.0573. The minimum Gasteiger partial charge on any atom is -0.495 e. The number of carbonyl (C=O) groups is 2. The van der Waals surface area contributed by atoms with Crippen molar-refractivity contribution in [3.05, 3.63) is 35.9 Å². The number of ether oxygens (including phenoxy) is 1. The Hall–Kier alpha value is -2.43. The maximum Gasteiger partial charge on any atom is 0.256 e. The number of benzene rings is 1. The summed E-state index contributed by atoms with van der Waals surface area (Å²) in [6.07, 6.45) is 0. The molecule has 8 nitrogen and oxygen atoms in total. The number of primary amides is 1. The van der Waals surface area contributed by atoms with E-state index in [1.807, 2.05) is 0 Å². The summed E-state index contributed by atoms with van der Waals surface area (Å²) in [4.78, 5) is 23.5. The second-order valence-corrected chi connectivity index (χ2v) is 9.04. The molecule has 0 aliphatic rings. The van der Waals surface area contributed by atoms with Crippen LogP contribution in [0.25, 0.3) is 0 Å². The van der Waals surface area contributed by atoms with Crippen LogP contribution in [-0.4, -0.2) is 38.0 Å². The van der Waals surface area contributed by atoms with E-state index in [-0.39, 0.29) is 25.4 Å². The van der Waals surface area contributed by atoms with Crippen molar-refractivity contribution in [2.24, 2.45) is 5.73 Å². The highest BCUT2D eigenvalue weighted by atomic mass is 32.2. The zero-order valence-electron chi connectivity index (χ0n) is 14.3. The van der Waals surface area contributed by atoms with Gasteiger partial charge < -0.3 is 20.9 Å². The highest BCUT2D eigenvalue weighted by Crippen LogP contribution is 2.37. The molecule has 1 heterocycles. The van der Waals surface area contributed by atoms with Crippen LogP contribution < -0.4 is 15.8 Å². The molecule has 1 aromatic heterocycles. The Morgan fingerprint density at radius 1 is 1.27 bits per heavy atom. The summed E-state index contributed by atoms with van der Waals surface area (Å²) in [6, 6.07) is 7.11. The van der Waals surface area contributed by atoms with Gasteiger partial charge in [-0.15, -0.1) is 11.3 Å². The zero-order valence-corrected chi connectivity index (χ0v) is 15.9. The first-order valence-electron chi connectivity index (χ1n) is 7.34. The van der Waals surface area contributed by atoms with Crippen LogP contribution in [0.1, 0.15) is 24.2 Å². The molecular formula is C16H18N2O6S2. The van der Waals surface area contributed by atoms with Crippen molar-refractivity contribution in [1.82, 2.24) is 0 Å². The smallest absolute Gasteiger partial charge is 0.256 e. The molecule has 0 radical (unpaired) electrons. The molecule has 2 aromatic rings. The maximum absolute atomic E-state index is 12.9. The van der Waals surface area contributed by atoms with Gasteiger partial charge in [0.15, 0.2) is 0 Å². The molecule has 0 bridgehead atoms. The van der Waals surface area contributed by atoms with Gasteiger partial charge in [-0.05, 0) is 32.0 Å². The normalized spacial score (nSPS) is 11.8. The molecule has 0 fully saturated rings. The number of methoxy groups -OCH3 is 1. The van der Waals surface area contributed by atoms with Crippen molar-refractivity contribution in [2.75, 3.05) is 12.4 Å². The molecule has 140 valence electrons. The molecule has 2 rings (SSSR count). The van der Waals surface area contributed by atoms with Gasteiger partial charge in [0.25, 0.3) is 11.8 Å². The number of hydrogen-bond acceptors (Lipinski definition) is 7.